The molecule has 0 amide bonds. The van der Waals surface area contributed by atoms with E-state index >= 15 is 0 Å². The van der Waals surface area contributed by atoms with Crippen LogP contribution in [-0.2, 0) is 0 Å². The highest BCUT2D eigenvalue weighted by Crippen LogP contribution is 2.26. The maximum atomic E-state index is 5.93. The molecule has 0 bridgehead atoms. The Morgan fingerprint density at radius 3 is 2.61 bits per heavy atom. The summed E-state index contributed by atoms with van der Waals surface area (Å²) < 4.78 is 2.41. The molecule has 0 aliphatic carbocycles. The zero-order valence-corrected chi connectivity index (χ0v) is 13.2. The lowest BCUT2D eigenvalue weighted by Gasteiger charge is -1.90. The van der Waals surface area contributed by atoms with E-state index in [4.69, 9.17) is 23.2 Å². The number of halogens is 2. The summed E-state index contributed by atoms with van der Waals surface area (Å²) in [6, 6.07) is 5.60. The minimum absolute atomic E-state index is 0. The molecule has 0 aliphatic rings. The van der Waals surface area contributed by atoms with Crippen LogP contribution >= 0.6 is 51.3 Å². The number of para-hydroxylation sites is 1. The Bertz CT molecular complexity index is 594. The molecule has 0 fully saturated rings. The van der Waals surface area contributed by atoms with Gasteiger partial charge in [-0.3, -0.25) is 16.6 Å². The third-order valence-electron chi connectivity index (χ3n) is 1.99. The van der Waals surface area contributed by atoms with Crippen LogP contribution in [0.2, 0.25) is 5.02 Å². The fourth-order valence-corrected chi connectivity index (χ4v) is 2.80. The maximum Gasteiger partial charge on any atom is 0.356 e. The van der Waals surface area contributed by atoms with E-state index in [1.165, 1.54) is 16.0 Å². The number of hydrogen-bond donors (Lipinski definition) is 2. The number of thiazole rings is 2. The van der Waals surface area contributed by atoms with Gasteiger partial charge in [-0.1, -0.05) is 17.7 Å². The van der Waals surface area contributed by atoms with E-state index < -0.39 is 0 Å². The van der Waals surface area contributed by atoms with Crippen molar-refractivity contribution in [3.05, 3.63) is 40.3 Å². The first-order valence-electron chi connectivity index (χ1n) is 4.66. The van der Waals surface area contributed by atoms with Gasteiger partial charge in [0.05, 0.1) is 15.2 Å². The topological polar surface area (TPSA) is 68.8 Å². The third kappa shape index (κ3) is 3.32. The molecule has 0 radical (unpaired) electrons. The van der Waals surface area contributed by atoms with Crippen molar-refractivity contribution in [2.45, 2.75) is 0 Å². The number of aromatic nitrogens is 2. The van der Waals surface area contributed by atoms with Gasteiger partial charge in [0.15, 0.2) is 5.52 Å². The Morgan fingerprint density at radius 1 is 1.33 bits per heavy atom. The van der Waals surface area contributed by atoms with Crippen LogP contribution < -0.4 is 16.3 Å². The first kappa shape index (κ1) is 15.2. The van der Waals surface area contributed by atoms with Crippen molar-refractivity contribution in [3.8, 4) is 0 Å². The van der Waals surface area contributed by atoms with Crippen molar-refractivity contribution < 1.29 is 4.68 Å². The van der Waals surface area contributed by atoms with Crippen LogP contribution in [0.25, 0.3) is 10.2 Å². The van der Waals surface area contributed by atoms with Crippen molar-refractivity contribution in [2.75, 3.05) is 11.6 Å². The Morgan fingerprint density at radius 2 is 2.11 bits per heavy atom. The minimum Gasteiger partial charge on any atom is -0.276 e. The minimum atomic E-state index is 0. The van der Waals surface area contributed by atoms with Gasteiger partial charge in [0.25, 0.3) is 0 Å². The van der Waals surface area contributed by atoms with Crippen LogP contribution in [0.15, 0.2) is 35.3 Å². The second-order valence-corrected chi connectivity index (χ2v) is 5.30. The summed E-state index contributed by atoms with van der Waals surface area (Å²) >= 11 is 8.95. The average Bonchev–Trinajstić information content (AvgIpc) is 2.93. The van der Waals surface area contributed by atoms with E-state index in [2.05, 4.69) is 4.98 Å². The first-order valence-corrected chi connectivity index (χ1v) is 6.79. The van der Waals surface area contributed by atoms with Crippen LogP contribution in [0, 0.1) is 0 Å². The van der Waals surface area contributed by atoms with Gasteiger partial charge in [0.2, 0.25) is 0 Å². The largest absolute Gasteiger partial charge is 0.356 e. The molecule has 0 unspecified atom stereocenters. The zero-order chi connectivity index (χ0) is 12.3. The standard InChI is InChI=1S/C7H6ClN3S.C3H3NS.BrH/c8-4-2-1-3-5-6(4)11(10)7(9)12-5;1-2-5-3-4-1;/h1-3,9H,10H2;1-3H;1H/p+1. The van der Waals surface area contributed by atoms with E-state index in [0.717, 1.165) is 10.2 Å². The van der Waals surface area contributed by atoms with Crippen molar-refractivity contribution >= 4 is 66.6 Å². The monoisotopic (exact) mass is 365 g/mol. The quantitative estimate of drug-likeness (QED) is 0.475. The SMILES string of the molecule is Br.Nc1sc2cccc(Cl)c2[n+]1N.c1cscn1. The Balaban J connectivity index is 0.000000230. The summed E-state index contributed by atoms with van der Waals surface area (Å²) in [6.45, 7) is 0. The maximum absolute atomic E-state index is 5.93. The smallest absolute Gasteiger partial charge is 0.276 e. The van der Waals surface area contributed by atoms with Gasteiger partial charge in [0, 0.05) is 11.6 Å². The lowest BCUT2D eigenvalue weighted by atomic mass is 10.3. The average molecular weight is 367 g/mol. The highest BCUT2D eigenvalue weighted by Gasteiger charge is 2.14. The summed E-state index contributed by atoms with van der Waals surface area (Å²) in [5, 5.41) is 3.11. The number of nitrogen functional groups attached to an aromatic ring is 2. The summed E-state index contributed by atoms with van der Waals surface area (Å²) in [5.41, 5.74) is 8.20. The van der Waals surface area contributed by atoms with E-state index in [1.807, 2.05) is 17.5 Å². The lowest BCUT2D eigenvalue weighted by Crippen LogP contribution is -2.45. The van der Waals surface area contributed by atoms with Gasteiger partial charge in [-0.25, -0.2) is 0 Å². The molecule has 96 valence electrons. The van der Waals surface area contributed by atoms with Crippen molar-refractivity contribution in [2.24, 2.45) is 0 Å². The summed E-state index contributed by atoms with van der Waals surface area (Å²) in [4.78, 5) is 3.74. The molecular weight excluding hydrogens is 356 g/mol. The summed E-state index contributed by atoms with van der Waals surface area (Å²) in [7, 11) is 0. The van der Waals surface area contributed by atoms with Gasteiger partial charge in [0.1, 0.15) is 0 Å². The molecule has 0 saturated heterocycles. The number of nitrogens with zero attached hydrogens (tertiary/aromatic N) is 2. The van der Waals surface area contributed by atoms with E-state index in [-0.39, 0.29) is 17.0 Å². The number of nitrogens with two attached hydrogens (primary N) is 2. The van der Waals surface area contributed by atoms with Crippen LogP contribution in [0.3, 0.4) is 0 Å². The van der Waals surface area contributed by atoms with E-state index in [1.54, 1.807) is 29.1 Å². The number of anilines is 1. The molecule has 2 aromatic heterocycles. The molecule has 4 N–H and O–H groups in total. The molecule has 3 aromatic rings. The van der Waals surface area contributed by atoms with Crippen LogP contribution in [0.5, 0.6) is 0 Å². The lowest BCUT2D eigenvalue weighted by molar-refractivity contribution is -0.591. The number of benzene rings is 1. The molecule has 0 spiro atoms. The molecule has 1 aromatic carbocycles. The number of fused-ring (bicyclic) bond motifs is 1. The van der Waals surface area contributed by atoms with Crippen molar-refractivity contribution in [3.63, 3.8) is 0 Å². The highest BCUT2D eigenvalue weighted by atomic mass is 79.9. The molecule has 3 rings (SSSR count). The summed E-state index contributed by atoms with van der Waals surface area (Å²) in [6.07, 6.45) is 1.77. The highest BCUT2D eigenvalue weighted by molar-refractivity contribution is 8.93. The molecular formula is C10H11BrClN4S2+. The first-order chi connectivity index (χ1) is 8.20. The molecule has 4 nitrogen and oxygen atoms in total. The van der Waals surface area contributed by atoms with Gasteiger partial charge in [-0.05, 0) is 23.5 Å². The number of hydrogen-bond acceptors (Lipinski definition) is 5. The van der Waals surface area contributed by atoms with Gasteiger partial charge >= 0.3 is 5.13 Å². The van der Waals surface area contributed by atoms with Crippen molar-refractivity contribution in [1.29, 1.82) is 0 Å². The number of rotatable bonds is 0. The van der Waals surface area contributed by atoms with Gasteiger partial charge in [-0.2, -0.15) is 0 Å². The van der Waals surface area contributed by atoms with E-state index in [0.29, 0.717) is 10.2 Å². The van der Waals surface area contributed by atoms with Gasteiger partial charge in [-0.15, -0.1) is 33.0 Å². The predicted octanol–water partition coefficient (Wildman–Crippen LogP) is 2.86. The fourth-order valence-electron chi connectivity index (χ4n) is 1.26. The zero-order valence-electron chi connectivity index (χ0n) is 9.12. The fraction of sp³-hybridized carbons (Fsp3) is 0. The van der Waals surface area contributed by atoms with E-state index in [9.17, 15) is 0 Å². The predicted molar refractivity (Wildman–Crippen MR) is 84.0 cm³/mol. The van der Waals surface area contributed by atoms with Crippen LogP contribution in [0.1, 0.15) is 0 Å². The Labute approximate surface area is 128 Å². The van der Waals surface area contributed by atoms with Gasteiger partial charge < -0.3 is 0 Å². The molecule has 0 atom stereocenters. The second-order valence-electron chi connectivity index (χ2n) is 3.07. The van der Waals surface area contributed by atoms with Crippen LogP contribution in [0.4, 0.5) is 5.13 Å². The molecule has 8 heteroatoms. The third-order valence-corrected chi connectivity index (χ3v) is 3.77. The Hall–Kier alpha value is -0.890. The second kappa shape index (κ2) is 6.89. The molecule has 2 heterocycles. The molecule has 18 heavy (non-hydrogen) atoms. The normalized spacial score (nSPS) is 9.39. The molecule has 0 saturated carbocycles. The summed E-state index contributed by atoms with van der Waals surface area (Å²) in [5.74, 6) is 5.66. The van der Waals surface area contributed by atoms with Crippen molar-refractivity contribution in [1.82, 2.24) is 4.98 Å². The Kier molecular flexibility index (Phi) is 5.80. The molecule has 0 aliphatic heterocycles. The van der Waals surface area contributed by atoms with Crippen LogP contribution in [-0.4, -0.2) is 4.98 Å².